The van der Waals surface area contributed by atoms with E-state index in [0.29, 0.717) is 52.7 Å². The maximum absolute atomic E-state index is 13.2. The van der Waals surface area contributed by atoms with Crippen LogP contribution in [-0.4, -0.2) is 42.6 Å². The van der Waals surface area contributed by atoms with Gasteiger partial charge in [-0.25, -0.2) is 4.79 Å². The van der Waals surface area contributed by atoms with Crippen LogP contribution in [-0.2, 0) is 16.1 Å². The van der Waals surface area contributed by atoms with Gasteiger partial charge in [-0.2, -0.15) is 0 Å². The Morgan fingerprint density at radius 2 is 1.57 bits per heavy atom. The summed E-state index contributed by atoms with van der Waals surface area (Å²) < 4.78 is 17.7. The number of halogens is 1. The number of hydrogen-bond acceptors (Lipinski definition) is 6. The van der Waals surface area contributed by atoms with Crippen LogP contribution in [0.3, 0.4) is 0 Å². The number of nitrogens with zero attached hydrogens (tertiary/aromatic N) is 1. The van der Waals surface area contributed by atoms with Gasteiger partial charge in [0.05, 0.1) is 30.8 Å². The largest absolute Gasteiger partial charge is 0.492 e. The number of carbonyl (C=O) groups excluding carboxylic acids is 3. The molecule has 8 nitrogen and oxygen atoms in total. The van der Waals surface area contributed by atoms with Gasteiger partial charge in [-0.3, -0.25) is 19.8 Å². The number of ether oxygens (including phenoxy) is 3. The third kappa shape index (κ3) is 6.63. The molecule has 1 aliphatic rings. The second-order valence-electron chi connectivity index (χ2n) is 7.81. The lowest BCUT2D eigenvalue weighted by atomic mass is 10.1. The Labute approximate surface area is 213 Å². The van der Waals surface area contributed by atoms with E-state index in [-0.39, 0.29) is 12.1 Å². The molecule has 9 heteroatoms. The van der Waals surface area contributed by atoms with E-state index < -0.39 is 17.8 Å². The number of amides is 4. The van der Waals surface area contributed by atoms with Crippen LogP contribution in [0.1, 0.15) is 44.7 Å². The minimum absolute atomic E-state index is 0.0308. The van der Waals surface area contributed by atoms with Gasteiger partial charge in [0.1, 0.15) is 11.3 Å². The summed E-state index contributed by atoms with van der Waals surface area (Å²) in [6.45, 7) is 7.42. The molecule has 2 aromatic rings. The first-order valence-corrected chi connectivity index (χ1v) is 12.4. The molecule has 1 N–H and O–H groups in total. The van der Waals surface area contributed by atoms with Gasteiger partial charge in [0.25, 0.3) is 11.8 Å². The lowest BCUT2D eigenvalue weighted by Gasteiger charge is -2.26. The summed E-state index contributed by atoms with van der Waals surface area (Å²) >= 11 is 3.45. The van der Waals surface area contributed by atoms with Gasteiger partial charge in [0, 0.05) is 0 Å². The predicted octanol–water partition coefficient (Wildman–Crippen LogP) is 5.09. The van der Waals surface area contributed by atoms with E-state index in [4.69, 9.17) is 14.2 Å². The van der Waals surface area contributed by atoms with Crippen LogP contribution >= 0.6 is 15.9 Å². The average molecular weight is 545 g/mol. The molecular weight excluding hydrogens is 516 g/mol. The molecule has 1 aliphatic heterocycles. The minimum Gasteiger partial charge on any atom is -0.492 e. The Kier molecular flexibility index (Phi) is 9.31. The first-order chi connectivity index (χ1) is 16.9. The molecule has 186 valence electrons. The van der Waals surface area contributed by atoms with Crippen LogP contribution in [0.15, 0.2) is 46.4 Å². The number of nitrogens with one attached hydrogen (secondary N) is 1. The van der Waals surface area contributed by atoms with Crippen molar-refractivity contribution in [2.45, 2.75) is 40.2 Å². The fraction of sp³-hybridized carbons (Fsp3) is 0.346. The van der Waals surface area contributed by atoms with Gasteiger partial charge in [-0.15, -0.1) is 0 Å². The fourth-order valence-electron chi connectivity index (χ4n) is 3.37. The maximum atomic E-state index is 13.2. The summed E-state index contributed by atoms with van der Waals surface area (Å²) in [5.74, 6) is 0.383. The van der Waals surface area contributed by atoms with Crippen molar-refractivity contribution < 1.29 is 28.6 Å². The number of hydrogen-bond donors (Lipinski definition) is 1. The molecule has 0 aliphatic carbocycles. The standard InChI is InChI=1S/C26H29BrN2O6/c1-4-11-34-21-9-7-17(14-20(21)27)13-19-24(30)28-26(32)29(25(19)31)16-18-8-10-22(35-12-5-2)23(15-18)33-6-3/h7-10,13-15H,4-6,11-12,16H2,1-3H3,(H,28,30,32)/b19-13+. The molecule has 3 rings (SSSR count). The molecule has 0 spiro atoms. The molecule has 1 heterocycles. The van der Waals surface area contributed by atoms with E-state index in [2.05, 4.69) is 21.2 Å². The van der Waals surface area contributed by atoms with Gasteiger partial charge in [-0.05, 0) is 77.2 Å². The zero-order chi connectivity index (χ0) is 25.4. The first-order valence-electron chi connectivity index (χ1n) is 11.6. The van der Waals surface area contributed by atoms with Gasteiger partial charge >= 0.3 is 6.03 Å². The second-order valence-corrected chi connectivity index (χ2v) is 8.66. The highest BCUT2D eigenvalue weighted by Crippen LogP contribution is 2.30. The highest BCUT2D eigenvalue weighted by Gasteiger charge is 2.35. The number of urea groups is 1. The average Bonchev–Trinajstić information content (AvgIpc) is 2.83. The first kappa shape index (κ1) is 26.3. The van der Waals surface area contributed by atoms with Crippen LogP contribution in [0.2, 0.25) is 0 Å². The number of benzene rings is 2. The number of barbiturate groups is 1. The van der Waals surface area contributed by atoms with Crippen LogP contribution in [0.5, 0.6) is 17.2 Å². The highest BCUT2D eigenvalue weighted by molar-refractivity contribution is 9.10. The molecule has 0 bridgehead atoms. The molecule has 0 unspecified atom stereocenters. The molecule has 0 aromatic heterocycles. The van der Waals surface area contributed by atoms with Crippen molar-refractivity contribution >= 4 is 39.9 Å². The summed E-state index contributed by atoms with van der Waals surface area (Å²) in [7, 11) is 0. The lowest BCUT2D eigenvalue weighted by Crippen LogP contribution is -2.53. The van der Waals surface area contributed by atoms with Crippen LogP contribution < -0.4 is 19.5 Å². The van der Waals surface area contributed by atoms with Gasteiger partial charge in [0.15, 0.2) is 11.5 Å². The number of imide groups is 2. The molecule has 0 atom stereocenters. The molecule has 1 saturated heterocycles. The van der Waals surface area contributed by atoms with Crippen molar-refractivity contribution in [1.29, 1.82) is 0 Å². The van der Waals surface area contributed by atoms with Crippen LogP contribution in [0.4, 0.5) is 4.79 Å². The van der Waals surface area contributed by atoms with Gasteiger partial charge < -0.3 is 14.2 Å². The maximum Gasteiger partial charge on any atom is 0.331 e. The van der Waals surface area contributed by atoms with Crippen molar-refractivity contribution in [3.05, 3.63) is 57.6 Å². The normalized spacial score (nSPS) is 14.8. The Bertz CT molecular complexity index is 1130. The van der Waals surface area contributed by atoms with Crippen LogP contribution in [0.25, 0.3) is 6.08 Å². The van der Waals surface area contributed by atoms with E-state index in [9.17, 15) is 14.4 Å². The molecule has 35 heavy (non-hydrogen) atoms. The number of carbonyl (C=O) groups is 3. The second kappa shape index (κ2) is 12.4. The van der Waals surface area contributed by atoms with E-state index in [0.717, 1.165) is 17.7 Å². The third-order valence-electron chi connectivity index (χ3n) is 5.02. The van der Waals surface area contributed by atoms with Crippen molar-refractivity contribution in [2.24, 2.45) is 0 Å². The minimum atomic E-state index is -0.772. The molecule has 1 fully saturated rings. The topological polar surface area (TPSA) is 94.2 Å². The van der Waals surface area contributed by atoms with E-state index in [1.807, 2.05) is 20.8 Å². The summed E-state index contributed by atoms with van der Waals surface area (Å²) in [5, 5.41) is 2.25. The Balaban J connectivity index is 1.84. The van der Waals surface area contributed by atoms with Crippen molar-refractivity contribution in [1.82, 2.24) is 10.2 Å². The van der Waals surface area contributed by atoms with E-state index in [1.165, 1.54) is 6.08 Å². The summed E-state index contributed by atoms with van der Waals surface area (Å²) in [5.41, 5.74) is 1.14. The van der Waals surface area contributed by atoms with Gasteiger partial charge in [0.2, 0.25) is 0 Å². The Morgan fingerprint density at radius 3 is 2.23 bits per heavy atom. The lowest BCUT2D eigenvalue weighted by molar-refractivity contribution is -0.130. The Hall–Kier alpha value is -3.33. The van der Waals surface area contributed by atoms with E-state index in [1.54, 1.807) is 36.4 Å². The third-order valence-corrected chi connectivity index (χ3v) is 5.64. The number of rotatable bonds is 11. The summed E-state index contributed by atoms with van der Waals surface area (Å²) in [6.07, 6.45) is 3.18. The highest BCUT2D eigenvalue weighted by atomic mass is 79.9. The van der Waals surface area contributed by atoms with Gasteiger partial charge in [-0.1, -0.05) is 26.0 Å². The van der Waals surface area contributed by atoms with Crippen LogP contribution in [0, 0.1) is 0 Å². The molecule has 0 radical (unpaired) electrons. The fourth-order valence-corrected chi connectivity index (χ4v) is 3.88. The summed E-state index contributed by atoms with van der Waals surface area (Å²) in [4.78, 5) is 39.1. The van der Waals surface area contributed by atoms with Crippen molar-refractivity contribution in [3.8, 4) is 17.2 Å². The predicted molar refractivity (Wildman–Crippen MR) is 135 cm³/mol. The molecule has 4 amide bonds. The quantitative estimate of drug-likeness (QED) is 0.313. The SMILES string of the molecule is CCCOc1ccc(/C=C2\C(=O)NC(=O)N(Cc3ccc(OCCC)c(OCC)c3)C2=O)cc1Br. The molecule has 0 saturated carbocycles. The zero-order valence-electron chi connectivity index (χ0n) is 20.1. The summed E-state index contributed by atoms with van der Waals surface area (Å²) in [6, 6.07) is 9.74. The zero-order valence-corrected chi connectivity index (χ0v) is 21.6. The molecule has 2 aromatic carbocycles. The molecular formula is C26H29BrN2O6. The van der Waals surface area contributed by atoms with Crippen molar-refractivity contribution in [2.75, 3.05) is 19.8 Å². The monoisotopic (exact) mass is 544 g/mol. The van der Waals surface area contributed by atoms with Crippen molar-refractivity contribution in [3.63, 3.8) is 0 Å². The van der Waals surface area contributed by atoms with E-state index >= 15 is 0 Å². The Morgan fingerprint density at radius 1 is 0.886 bits per heavy atom. The smallest absolute Gasteiger partial charge is 0.331 e.